The predicted octanol–water partition coefficient (Wildman–Crippen LogP) is 3.20. The minimum atomic E-state index is -0.481. The summed E-state index contributed by atoms with van der Waals surface area (Å²) in [5.74, 6) is 0.441. The highest BCUT2D eigenvalue weighted by molar-refractivity contribution is 5.96. The fourth-order valence-corrected chi connectivity index (χ4v) is 2.32. The Morgan fingerprint density at radius 1 is 1.35 bits per heavy atom. The van der Waals surface area contributed by atoms with Crippen LogP contribution >= 0.6 is 0 Å². The second-order valence-electron chi connectivity index (χ2n) is 5.49. The number of methoxy groups -OCH3 is 1. The Balaban J connectivity index is 1.75. The predicted molar refractivity (Wildman–Crippen MR) is 76.1 cm³/mol. The molecule has 0 radical (unpaired) electrons. The molecule has 1 aliphatic rings. The Bertz CT molecular complexity index is 450. The van der Waals surface area contributed by atoms with E-state index in [9.17, 15) is 4.79 Å². The first kappa shape index (κ1) is 15.0. The van der Waals surface area contributed by atoms with Crippen molar-refractivity contribution in [2.24, 2.45) is 0 Å². The van der Waals surface area contributed by atoms with Gasteiger partial charge in [-0.2, -0.15) is 0 Å². The zero-order valence-corrected chi connectivity index (χ0v) is 12.3. The Hall–Kier alpha value is -1.39. The highest BCUT2D eigenvalue weighted by atomic mass is 16.7. The Morgan fingerprint density at radius 2 is 2.05 bits per heavy atom. The summed E-state index contributed by atoms with van der Waals surface area (Å²) in [5, 5.41) is 0. The summed E-state index contributed by atoms with van der Waals surface area (Å²) < 4.78 is 16.3. The maximum atomic E-state index is 12.0. The van der Waals surface area contributed by atoms with Crippen LogP contribution in [0.4, 0.5) is 0 Å². The van der Waals surface area contributed by atoms with Gasteiger partial charge >= 0.3 is 0 Å². The van der Waals surface area contributed by atoms with E-state index in [2.05, 4.69) is 0 Å². The third-order valence-corrected chi connectivity index (χ3v) is 3.41. The van der Waals surface area contributed by atoms with E-state index in [0.29, 0.717) is 13.0 Å². The molecule has 0 aliphatic carbocycles. The summed E-state index contributed by atoms with van der Waals surface area (Å²) in [7, 11) is 1.61. The highest BCUT2D eigenvalue weighted by Gasteiger charge is 2.32. The number of Topliss-reactive ketones (excluding diaryl/α,β-unsaturated/α-hetero) is 1. The maximum absolute atomic E-state index is 12.0. The molecule has 0 N–H and O–H groups in total. The van der Waals surface area contributed by atoms with Crippen LogP contribution in [-0.4, -0.2) is 31.4 Å². The number of ketones is 1. The topological polar surface area (TPSA) is 44.8 Å². The van der Waals surface area contributed by atoms with E-state index in [1.807, 2.05) is 26.0 Å². The third-order valence-electron chi connectivity index (χ3n) is 3.41. The average molecular weight is 278 g/mol. The van der Waals surface area contributed by atoms with Gasteiger partial charge in [0.15, 0.2) is 11.6 Å². The van der Waals surface area contributed by atoms with Crippen LogP contribution in [0.5, 0.6) is 5.75 Å². The van der Waals surface area contributed by atoms with Gasteiger partial charge in [-0.25, -0.2) is 0 Å². The molecule has 0 amide bonds. The second-order valence-corrected chi connectivity index (χ2v) is 5.49. The lowest BCUT2D eigenvalue weighted by Gasteiger charge is -2.16. The van der Waals surface area contributed by atoms with Gasteiger partial charge in [-0.1, -0.05) is 0 Å². The molecule has 1 heterocycles. The number of hydrogen-bond donors (Lipinski definition) is 0. The minimum Gasteiger partial charge on any atom is -0.497 e. The van der Waals surface area contributed by atoms with Gasteiger partial charge in [0, 0.05) is 12.0 Å². The van der Waals surface area contributed by atoms with E-state index < -0.39 is 5.79 Å². The second kappa shape index (κ2) is 6.37. The van der Waals surface area contributed by atoms with Crippen molar-refractivity contribution in [3.8, 4) is 5.75 Å². The molecule has 1 aromatic carbocycles. The molecule has 1 aliphatic heterocycles. The molecule has 2 rings (SSSR count). The molecule has 4 nitrogen and oxygen atoms in total. The van der Waals surface area contributed by atoms with Crippen LogP contribution in [0.15, 0.2) is 24.3 Å². The van der Waals surface area contributed by atoms with Gasteiger partial charge in [0.25, 0.3) is 0 Å². The summed E-state index contributed by atoms with van der Waals surface area (Å²) in [4.78, 5) is 12.0. The summed E-state index contributed by atoms with van der Waals surface area (Å²) in [6.07, 6.45) is 2.31. The maximum Gasteiger partial charge on any atom is 0.163 e. The molecule has 0 aromatic heterocycles. The molecule has 0 saturated carbocycles. The fourth-order valence-electron chi connectivity index (χ4n) is 2.32. The van der Waals surface area contributed by atoms with Crippen LogP contribution in [0.25, 0.3) is 0 Å². The summed E-state index contributed by atoms with van der Waals surface area (Å²) in [6, 6.07) is 7.23. The fraction of sp³-hybridized carbons (Fsp3) is 0.562. The molecule has 1 saturated heterocycles. The summed E-state index contributed by atoms with van der Waals surface area (Å²) >= 11 is 0. The molecular weight excluding hydrogens is 256 g/mol. The highest BCUT2D eigenvalue weighted by Crippen LogP contribution is 2.25. The van der Waals surface area contributed by atoms with Crippen LogP contribution < -0.4 is 4.74 Å². The Morgan fingerprint density at radius 3 is 2.60 bits per heavy atom. The van der Waals surface area contributed by atoms with Crippen molar-refractivity contribution < 1.29 is 19.0 Å². The molecule has 1 atom stereocenters. The normalized spacial score (nSPS) is 20.9. The van der Waals surface area contributed by atoms with Gasteiger partial charge in [-0.3, -0.25) is 4.79 Å². The van der Waals surface area contributed by atoms with Crippen LogP contribution in [-0.2, 0) is 9.47 Å². The summed E-state index contributed by atoms with van der Waals surface area (Å²) in [5.41, 5.74) is 0.731. The number of hydrogen-bond acceptors (Lipinski definition) is 4. The third kappa shape index (κ3) is 4.05. The van der Waals surface area contributed by atoms with Crippen molar-refractivity contribution in [1.82, 2.24) is 0 Å². The van der Waals surface area contributed by atoms with E-state index in [1.54, 1.807) is 19.2 Å². The first-order chi connectivity index (χ1) is 9.50. The largest absolute Gasteiger partial charge is 0.497 e. The van der Waals surface area contributed by atoms with Crippen LogP contribution in [0.1, 0.15) is 43.5 Å². The minimum absolute atomic E-state index is 0.105. The molecule has 4 heteroatoms. The van der Waals surface area contributed by atoms with Crippen LogP contribution in [0.3, 0.4) is 0 Å². The zero-order valence-electron chi connectivity index (χ0n) is 12.3. The smallest absolute Gasteiger partial charge is 0.163 e. The molecule has 110 valence electrons. The Labute approximate surface area is 120 Å². The van der Waals surface area contributed by atoms with Gasteiger partial charge < -0.3 is 14.2 Å². The lowest BCUT2D eigenvalue weighted by atomic mass is 10.0. The van der Waals surface area contributed by atoms with Gasteiger partial charge in [-0.05, 0) is 51.0 Å². The van der Waals surface area contributed by atoms with Crippen molar-refractivity contribution in [2.75, 3.05) is 13.7 Å². The molecule has 1 fully saturated rings. The molecule has 20 heavy (non-hydrogen) atoms. The Kier molecular flexibility index (Phi) is 4.78. The zero-order chi connectivity index (χ0) is 14.6. The molecular formula is C16H22O4. The van der Waals surface area contributed by atoms with E-state index >= 15 is 0 Å². The van der Waals surface area contributed by atoms with Crippen molar-refractivity contribution in [3.05, 3.63) is 29.8 Å². The molecule has 1 aromatic rings. The van der Waals surface area contributed by atoms with E-state index in [1.165, 1.54) is 0 Å². The summed E-state index contributed by atoms with van der Waals surface area (Å²) in [6.45, 7) is 4.44. The van der Waals surface area contributed by atoms with Gasteiger partial charge in [0.2, 0.25) is 0 Å². The van der Waals surface area contributed by atoms with Crippen molar-refractivity contribution in [2.45, 2.75) is 45.0 Å². The van der Waals surface area contributed by atoms with Crippen molar-refractivity contribution in [3.63, 3.8) is 0 Å². The molecule has 0 unspecified atom stereocenters. The lowest BCUT2D eigenvalue weighted by molar-refractivity contribution is -0.139. The first-order valence-corrected chi connectivity index (χ1v) is 6.99. The standard InChI is InChI=1S/C16H22O4/c1-16(2)19-11-14(20-16)5-4-6-15(17)12-7-9-13(18-3)10-8-12/h7-10,14H,4-6,11H2,1-3H3/t14-/m1/s1. The van der Waals surface area contributed by atoms with Crippen molar-refractivity contribution >= 4 is 5.78 Å². The van der Waals surface area contributed by atoms with Gasteiger partial charge in [0.05, 0.1) is 19.8 Å². The number of rotatable bonds is 6. The SMILES string of the molecule is COc1ccc(C(=O)CCC[C@@H]2COC(C)(C)O2)cc1. The monoisotopic (exact) mass is 278 g/mol. The van der Waals surface area contributed by atoms with E-state index in [0.717, 1.165) is 24.2 Å². The molecule has 0 spiro atoms. The van der Waals surface area contributed by atoms with Gasteiger partial charge in [-0.15, -0.1) is 0 Å². The van der Waals surface area contributed by atoms with Crippen molar-refractivity contribution in [1.29, 1.82) is 0 Å². The van der Waals surface area contributed by atoms with E-state index in [4.69, 9.17) is 14.2 Å². The number of benzene rings is 1. The average Bonchev–Trinajstić information content (AvgIpc) is 2.78. The quantitative estimate of drug-likeness (QED) is 0.750. The van der Waals surface area contributed by atoms with Crippen LogP contribution in [0, 0.1) is 0 Å². The van der Waals surface area contributed by atoms with E-state index in [-0.39, 0.29) is 11.9 Å². The lowest BCUT2D eigenvalue weighted by Crippen LogP contribution is -2.21. The number of carbonyl (C=O) groups is 1. The molecule has 0 bridgehead atoms. The first-order valence-electron chi connectivity index (χ1n) is 6.99. The number of ether oxygens (including phenoxy) is 3. The number of carbonyl (C=O) groups excluding carboxylic acids is 1. The van der Waals surface area contributed by atoms with Gasteiger partial charge in [0.1, 0.15) is 5.75 Å². The van der Waals surface area contributed by atoms with Crippen LogP contribution in [0.2, 0.25) is 0 Å².